The van der Waals surface area contributed by atoms with Crippen molar-refractivity contribution in [2.45, 2.75) is 33.4 Å². The van der Waals surface area contributed by atoms with Crippen LogP contribution < -0.4 is 5.32 Å². The summed E-state index contributed by atoms with van der Waals surface area (Å²) in [5.74, 6) is -0.385. The molecule has 0 spiro atoms. The van der Waals surface area contributed by atoms with Gasteiger partial charge >= 0.3 is 0 Å². The lowest BCUT2D eigenvalue weighted by Gasteiger charge is -2.11. The van der Waals surface area contributed by atoms with Crippen LogP contribution in [0.3, 0.4) is 0 Å². The molecule has 0 unspecified atom stereocenters. The van der Waals surface area contributed by atoms with Crippen molar-refractivity contribution in [3.8, 4) is 0 Å². The highest BCUT2D eigenvalue weighted by Crippen LogP contribution is 2.26. The summed E-state index contributed by atoms with van der Waals surface area (Å²) in [6, 6.07) is 12.5. The van der Waals surface area contributed by atoms with E-state index in [2.05, 4.69) is 10.4 Å². The minimum atomic E-state index is -0.272. The lowest BCUT2D eigenvalue weighted by atomic mass is 10.2. The van der Waals surface area contributed by atoms with Gasteiger partial charge in [0.15, 0.2) is 0 Å². The summed E-state index contributed by atoms with van der Waals surface area (Å²) in [6.07, 6.45) is 0.798. The van der Waals surface area contributed by atoms with E-state index in [1.807, 2.05) is 52.7 Å². The highest BCUT2D eigenvalue weighted by Gasteiger charge is 2.16. The zero-order valence-electron chi connectivity index (χ0n) is 16.5. The number of rotatable bonds is 7. The largest absolute Gasteiger partial charge is 0.351 e. The van der Waals surface area contributed by atoms with Crippen molar-refractivity contribution in [3.63, 3.8) is 0 Å². The average molecular weight is 411 g/mol. The van der Waals surface area contributed by atoms with Crippen LogP contribution in [0.5, 0.6) is 0 Å². The summed E-state index contributed by atoms with van der Waals surface area (Å²) in [5.41, 5.74) is 4.54. The molecule has 0 aliphatic rings. The van der Waals surface area contributed by atoms with Gasteiger partial charge in [0, 0.05) is 25.3 Å². The number of nitrogens with one attached hydrogen (secondary N) is 1. The van der Waals surface area contributed by atoms with Gasteiger partial charge in [0.25, 0.3) is 5.91 Å². The van der Waals surface area contributed by atoms with Gasteiger partial charge in [-0.3, -0.25) is 9.48 Å². The number of hydrogen-bond acceptors (Lipinski definition) is 3. The molecule has 1 N–H and O–H groups in total. The quantitative estimate of drug-likeness (QED) is 0.455. The molecular formula is C22H23FN4OS. The number of halogens is 1. The zero-order chi connectivity index (χ0) is 20.4. The number of benzene rings is 1. The fourth-order valence-corrected chi connectivity index (χ4v) is 4.40. The van der Waals surface area contributed by atoms with Crippen LogP contribution in [0.1, 0.15) is 33.9 Å². The van der Waals surface area contributed by atoms with E-state index in [0.717, 1.165) is 40.1 Å². The molecule has 0 aliphatic carbocycles. The molecular weight excluding hydrogens is 387 g/mol. The van der Waals surface area contributed by atoms with Crippen molar-refractivity contribution in [1.29, 1.82) is 0 Å². The van der Waals surface area contributed by atoms with Crippen LogP contribution in [0.4, 0.5) is 4.39 Å². The molecule has 4 rings (SSSR count). The van der Waals surface area contributed by atoms with E-state index < -0.39 is 0 Å². The van der Waals surface area contributed by atoms with Gasteiger partial charge in [0.1, 0.15) is 11.5 Å². The first kappa shape index (κ1) is 19.4. The Balaban J connectivity index is 1.46. The van der Waals surface area contributed by atoms with Gasteiger partial charge in [-0.25, -0.2) is 4.39 Å². The fourth-order valence-electron chi connectivity index (χ4n) is 3.58. The van der Waals surface area contributed by atoms with Gasteiger partial charge in [-0.15, -0.1) is 11.3 Å². The van der Waals surface area contributed by atoms with Gasteiger partial charge in [-0.2, -0.15) is 5.10 Å². The topological polar surface area (TPSA) is 51.9 Å². The van der Waals surface area contributed by atoms with Crippen LogP contribution in [0.2, 0.25) is 0 Å². The van der Waals surface area contributed by atoms with Crippen molar-refractivity contribution >= 4 is 27.5 Å². The molecule has 4 aromatic rings. The Hall–Kier alpha value is -2.93. The van der Waals surface area contributed by atoms with E-state index in [0.29, 0.717) is 18.8 Å². The molecule has 0 fully saturated rings. The maximum Gasteiger partial charge on any atom is 0.267 e. The van der Waals surface area contributed by atoms with Crippen LogP contribution in [0.15, 0.2) is 47.8 Å². The summed E-state index contributed by atoms with van der Waals surface area (Å²) < 4.78 is 18.6. The first-order valence-electron chi connectivity index (χ1n) is 9.61. The maximum absolute atomic E-state index is 13.6. The van der Waals surface area contributed by atoms with Crippen molar-refractivity contribution in [1.82, 2.24) is 19.7 Å². The Morgan fingerprint density at radius 2 is 2.07 bits per heavy atom. The molecule has 1 amide bonds. The lowest BCUT2D eigenvalue weighted by Crippen LogP contribution is -2.27. The number of thiophene rings is 1. The molecule has 5 nitrogen and oxygen atoms in total. The molecule has 3 aromatic heterocycles. The van der Waals surface area contributed by atoms with Gasteiger partial charge in [-0.05, 0) is 61.5 Å². The van der Waals surface area contributed by atoms with Gasteiger partial charge in [0.2, 0.25) is 0 Å². The number of carbonyl (C=O) groups is 1. The summed E-state index contributed by atoms with van der Waals surface area (Å²) in [7, 11) is 0. The summed E-state index contributed by atoms with van der Waals surface area (Å²) >= 11 is 1.60. The van der Waals surface area contributed by atoms with Crippen molar-refractivity contribution in [2.75, 3.05) is 6.54 Å². The molecule has 7 heteroatoms. The molecule has 0 bridgehead atoms. The third-order valence-corrected chi connectivity index (χ3v) is 5.77. The second-order valence-corrected chi connectivity index (χ2v) is 8.12. The minimum absolute atomic E-state index is 0.113. The third-order valence-electron chi connectivity index (χ3n) is 4.92. The molecule has 0 aliphatic heterocycles. The molecule has 29 heavy (non-hydrogen) atoms. The second kappa shape index (κ2) is 8.21. The van der Waals surface area contributed by atoms with E-state index in [1.54, 1.807) is 17.4 Å². The van der Waals surface area contributed by atoms with Gasteiger partial charge < -0.3 is 9.88 Å². The van der Waals surface area contributed by atoms with Crippen LogP contribution >= 0.6 is 11.3 Å². The summed E-state index contributed by atoms with van der Waals surface area (Å²) in [4.78, 5) is 12.8. The molecule has 0 atom stereocenters. The number of aryl methyl sites for hydroxylation is 3. The normalized spacial score (nSPS) is 11.3. The first-order valence-corrected chi connectivity index (χ1v) is 10.5. The Labute approximate surface area is 172 Å². The number of aromatic nitrogens is 3. The van der Waals surface area contributed by atoms with Crippen molar-refractivity contribution in [2.24, 2.45) is 0 Å². The lowest BCUT2D eigenvalue weighted by molar-refractivity contribution is 0.0944. The molecule has 0 saturated carbocycles. The van der Waals surface area contributed by atoms with Gasteiger partial charge in [0.05, 0.1) is 15.9 Å². The highest BCUT2D eigenvalue weighted by molar-refractivity contribution is 7.17. The van der Waals surface area contributed by atoms with Crippen molar-refractivity contribution < 1.29 is 9.18 Å². The predicted octanol–water partition coefficient (Wildman–Crippen LogP) is 4.52. The second-order valence-electron chi connectivity index (χ2n) is 7.18. The van der Waals surface area contributed by atoms with Crippen LogP contribution in [-0.2, 0) is 13.1 Å². The molecule has 150 valence electrons. The molecule has 3 heterocycles. The molecule has 0 saturated heterocycles. The number of carbonyl (C=O) groups excluding carboxylic acids is 1. The summed E-state index contributed by atoms with van der Waals surface area (Å²) in [6.45, 7) is 5.79. The Morgan fingerprint density at radius 3 is 2.83 bits per heavy atom. The molecule has 0 radical (unpaired) electrons. The first-order chi connectivity index (χ1) is 14.0. The van der Waals surface area contributed by atoms with Crippen molar-refractivity contribution in [3.05, 3.63) is 76.3 Å². The van der Waals surface area contributed by atoms with Gasteiger partial charge in [-0.1, -0.05) is 12.1 Å². The predicted molar refractivity (Wildman–Crippen MR) is 114 cm³/mol. The fraction of sp³-hybridized carbons (Fsp3) is 0.273. The SMILES string of the molecule is Cc1cc(C)n(CCCNC(=O)c2cc3sccc3n2Cc2cccc(F)c2)n1. The average Bonchev–Trinajstić information content (AvgIpc) is 3.35. The van der Waals surface area contributed by atoms with E-state index in [1.165, 1.54) is 12.1 Å². The number of amides is 1. The number of nitrogens with zero attached hydrogens (tertiary/aromatic N) is 3. The highest BCUT2D eigenvalue weighted by atomic mass is 32.1. The zero-order valence-corrected chi connectivity index (χ0v) is 17.3. The van der Waals surface area contributed by atoms with Crippen LogP contribution in [0.25, 0.3) is 10.2 Å². The standard InChI is InChI=1S/C22H23FN4OS/c1-15-11-16(2)27(25-15)9-4-8-24-22(28)20-13-21-19(7-10-29-21)26(20)14-17-5-3-6-18(23)12-17/h3,5-7,10-13H,4,8-9,14H2,1-2H3,(H,24,28). The summed E-state index contributed by atoms with van der Waals surface area (Å²) in [5, 5.41) is 9.46. The smallest absolute Gasteiger partial charge is 0.267 e. The van der Waals surface area contributed by atoms with Crippen LogP contribution in [-0.4, -0.2) is 26.8 Å². The number of fused-ring (bicyclic) bond motifs is 1. The van der Waals surface area contributed by atoms with E-state index >= 15 is 0 Å². The number of hydrogen-bond donors (Lipinski definition) is 1. The van der Waals surface area contributed by atoms with Crippen LogP contribution in [0, 0.1) is 19.7 Å². The minimum Gasteiger partial charge on any atom is -0.351 e. The van der Waals surface area contributed by atoms with E-state index in [-0.39, 0.29) is 11.7 Å². The Bertz CT molecular complexity index is 1160. The molecule has 1 aromatic carbocycles. The monoisotopic (exact) mass is 410 g/mol. The third kappa shape index (κ3) is 4.24. The Morgan fingerprint density at radius 1 is 1.21 bits per heavy atom. The maximum atomic E-state index is 13.6. The van der Waals surface area contributed by atoms with E-state index in [9.17, 15) is 9.18 Å². The van der Waals surface area contributed by atoms with E-state index in [4.69, 9.17) is 0 Å². The Kier molecular flexibility index (Phi) is 5.49.